The van der Waals surface area contributed by atoms with E-state index in [0.29, 0.717) is 12.3 Å². The summed E-state index contributed by atoms with van der Waals surface area (Å²) in [6.07, 6.45) is 12.9. The number of rotatable bonds is 8. The molecule has 0 saturated carbocycles. The van der Waals surface area contributed by atoms with Crippen LogP contribution in [0.5, 0.6) is 0 Å². The van der Waals surface area contributed by atoms with Crippen molar-refractivity contribution >= 4 is 6.29 Å². The number of carbonyl (C=O) groups is 1. The first-order chi connectivity index (χ1) is 10.5. The van der Waals surface area contributed by atoms with Gasteiger partial charge in [0.2, 0.25) is 0 Å². The van der Waals surface area contributed by atoms with Gasteiger partial charge in [0.1, 0.15) is 6.29 Å². The van der Waals surface area contributed by atoms with E-state index in [1.807, 2.05) is 19.9 Å². The van der Waals surface area contributed by atoms with Crippen LogP contribution in [0.4, 0.5) is 0 Å². The molecule has 0 amide bonds. The molecule has 0 aromatic rings. The van der Waals surface area contributed by atoms with Crippen LogP contribution in [0, 0.1) is 11.8 Å². The third kappa shape index (κ3) is 6.71. The zero-order valence-corrected chi connectivity index (χ0v) is 14.5. The molecule has 1 rings (SSSR count). The Morgan fingerprint density at radius 1 is 1.32 bits per heavy atom. The first-order valence-electron chi connectivity index (χ1n) is 8.28. The zero-order valence-electron chi connectivity index (χ0n) is 14.5. The molecule has 0 spiro atoms. The molecule has 0 aliphatic carbocycles. The highest BCUT2D eigenvalue weighted by Crippen LogP contribution is 2.22. The van der Waals surface area contributed by atoms with Crippen molar-refractivity contribution in [2.75, 3.05) is 0 Å². The summed E-state index contributed by atoms with van der Waals surface area (Å²) in [6.45, 7) is 10.3. The predicted molar refractivity (Wildman–Crippen MR) is 90.5 cm³/mol. The molecule has 124 valence electrons. The van der Waals surface area contributed by atoms with Crippen LogP contribution >= 0.6 is 0 Å². The van der Waals surface area contributed by atoms with Gasteiger partial charge in [-0.25, -0.2) is 0 Å². The average molecular weight is 306 g/mol. The summed E-state index contributed by atoms with van der Waals surface area (Å²) in [6, 6.07) is 0. The molecule has 0 N–H and O–H groups in total. The molecule has 4 atom stereocenters. The Morgan fingerprint density at radius 2 is 2.05 bits per heavy atom. The van der Waals surface area contributed by atoms with E-state index in [1.54, 1.807) is 0 Å². The third-order valence-electron chi connectivity index (χ3n) is 3.66. The monoisotopic (exact) mass is 306 g/mol. The van der Waals surface area contributed by atoms with Gasteiger partial charge in [-0.05, 0) is 32.3 Å². The standard InChI is InChI=1S/C19H30O3/c1-6-17(13-15(4)11-12-20)8-9-18-16(5)7-10-19(22-18)21-14(2)3/h7-10,12-16,18-19H,6,11H2,1-5H3/b9-8+,17-13+/t15-,16+,18+,19?/m1/s1. The highest BCUT2D eigenvalue weighted by Gasteiger charge is 2.23. The van der Waals surface area contributed by atoms with Gasteiger partial charge >= 0.3 is 0 Å². The van der Waals surface area contributed by atoms with Gasteiger partial charge in [0.25, 0.3) is 0 Å². The van der Waals surface area contributed by atoms with Crippen molar-refractivity contribution in [3.05, 3.63) is 36.0 Å². The van der Waals surface area contributed by atoms with Gasteiger partial charge in [0.05, 0.1) is 12.2 Å². The summed E-state index contributed by atoms with van der Waals surface area (Å²) in [5.74, 6) is 0.604. The Hall–Kier alpha value is -1.19. The van der Waals surface area contributed by atoms with Crippen LogP contribution in [0.3, 0.4) is 0 Å². The molecular formula is C19H30O3. The summed E-state index contributed by atoms with van der Waals surface area (Å²) in [7, 11) is 0. The second-order valence-electron chi connectivity index (χ2n) is 6.23. The highest BCUT2D eigenvalue weighted by atomic mass is 16.7. The van der Waals surface area contributed by atoms with Crippen LogP contribution in [0.2, 0.25) is 0 Å². The lowest BCUT2D eigenvalue weighted by atomic mass is 9.98. The van der Waals surface area contributed by atoms with Crippen molar-refractivity contribution in [1.82, 2.24) is 0 Å². The molecule has 1 unspecified atom stereocenters. The van der Waals surface area contributed by atoms with Gasteiger partial charge < -0.3 is 14.3 Å². The fourth-order valence-electron chi connectivity index (χ4n) is 2.36. The molecule has 3 heteroatoms. The Bertz CT molecular complexity index is 420. The molecule has 0 saturated heterocycles. The Morgan fingerprint density at radius 3 is 2.64 bits per heavy atom. The molecule has 0 aromatic heterocycles. The minimum Gasteiger partial charge on any atom is -0.346 e. The Kier molecular flexibility index (Phi) is 8.36. The van der Waals surface area contributed by atoms with Crippen molar-refractivity contribution in [2.24, 2.45) is 11.8 Å². The van der Waals surface area contributed by atoms with E-state index in [2.05, 4.69) is 45.1 Å². The third-order valence-corrected chi connectivity index (χ3v) is 3.66. The Labute approximate surface area is 135 Å². The summed E-state index contributed by atoms with van der Waals surface area (Å²) in [4.78, 5) is 10.6. The topological polar surface area (TPSA) is 35.5 Å². The minimum absolute atomic E-state index is 0.0186. The molecule has 1 aliphatic rings. The van der Waals surface area contributed by atoms with Crippen LogP contribution in [-0.4, -0.2) is 24.8 Å². The van der Waals surface area contributed by atoms with E-state index in [1.165, 1.54) is 5.57 Å². The van der Waals surface area contributed by atoms with Crippen molar-refractivity contribution in [2.45, 2.75) is 66.0 Å². The van der Waals surface area contributed by atoms with E-state index >= 15 is 0 Å². The first-order valence-corrected chi connectivity index (χ1v) is 8.28. The molecule has 22 heavy (non-hydrogen) atoms. The molecule has 0 bridgehead atoms. The lowest BCUT2D eigenvalue weighted by Gasteiger charge is -2.29. The van der Waals surface area contributed by atoms with E-state index in [-0.39, 0.29) is 24.4 Å². The maximum Gasteiger partial charge on any atom is 0.177 e. The fourth-order valence-corrected chi connectivity index (χ4v) is 2.36. The van der Waals surface area contributed by atoms with Crippen LogP contribution in [-0.2, 0) is 14.3 Å². The average Bonchev–Trinajstić information content (AvgIpc) is 2.46. The SMILES string of the molecule is CCC(/C=C/[C@@H]1OC(OC(C)C)C=C[C@@H]1C)=C\[C@H](C)CC=O. The van der Waals surface area contributed by atoms with E-state index in [9.17, 15) is 4.79 Å². The van der Waals surface area contributed by atoms with Gasteiger partial charge in [-0.1, -0.05) is 50.6 Å². The summed E-state index contributed by atoms with van der Waals surface area (Å²) in [5, 5.41) is 0. The molecule has 1 heterocycles. The molecule has 0 radical (unpaired) electrons. The molecule has 3 nitrogen and oxygen atoms in total. The zero-order chi connectivity index (χ0) is 16.5. The summed E-state index contributed by atoms with van der Waals surface area (Å²) >= 11 is 0. The number of hydrogen-bond acceptors (Lipinski definition) is 3. The Balaban J connectivity index is 2.69. The normalized spacial score (nSPS) is 27.5. The summed E-state index contributed by atoms with van der Waals surface area (Å²) < 4.78 is 11.7. The largest absolute Gasteiger partial charge is 0.346 e. The van der Waals surface area contributed by atoms with Crippen molar-refractivity contribution in [3.8, 4) is 0 Å². The molecule has 1 aliphatic heterocycles. The lowest BCUT2D eigenvalue weighted by Crippen LogP contribution is -2.31. The minimum atomic E-state index is -0.270. The van der Waals surface area contributed by atoms with Crippen LogP contribution in [0.25, 0.3) is 0 Å². The number of ether oxygens (including phenoxy) is 2. The van der Waals surface area contributed by atoms with Gasteiger partial charge in [-0.3, -0.25) is 0 Å². The van der Waals surface area contributed by atoms with Gasteiger partial charge in [0, 0.05) is 12.3 Å². The number of aldehydes is 1. The van der Waals surface area contributed by atoms with E-state index in [4.69, 9.17) is 9.47 Å². The lowest BCUT2D eigenvalue weighted by molar-refractivity contribution is -0.162. The number of allylic oxidation sites excluding steroid dienone is 3. The summed E-state index contributed by atoms with van der Waals surface area (Å²) in [5.41, 5.74) is 1.24. The van der Waals surface area contributed by atoms with Crippen LogP contribution in [0.15, 0.2) is 36.0 Å². The van der Waals surface area contributed by atoms with Crippen molar-refractivity contribution in [1.29, 1.82) is 0 Å². The number of hydrogen-bond donors (Lipinski definition) is 0. The quantitative estimate of drug-likeness (QED) is 0.378. The van der Waals surface area contributed by atoms with Crippen LogP contribution < -0.4 is 0 Å². The van der Waals surface area contributed by atoms with E-state index in [0.717, 1.165) is 12.7 Å². The molecular weight excluding hydrogens is 276 g/mol. The second-order valence-corrected chi connectivity index (χ2v) is 6.23. The van der Waals surface area contributed by atoms with Gasteiger partial charge in [-0.2, -0.15) is 0 Å². The van der Waals surface area contributed by atoms with Gasteiger partial charge in [0.15, 0.2) is 6.29 Å². The second kappa shape index (κ2) is 9.75. The van der Waals surface area contributed by atoms with Crippen molar-refractivity contribution < 1.29 is 14.3 Å². The highest BCUT2D eigenvalue weighted by molar-refractivity contribution is 5.50. The fraction of sp³-hybridized carbons (Fsp3) is 0.632. The smallest absolute Gasteiger partial charge is 0.177 e. The maximum absolute atomic E-state index is 10.6. The first kappa shape index (κ1) is 18.9. The number of carbonyl (C=O) groups excluding carboxylic acids is 1. The molecule has 0 fully saturated rings. The molecule has 0 aromatic carbocycles. The van der Waals surface area contributed by atoms with Crippen LogP contribution in [0.1, 0.15) is 47.5 Å². The van der Waals surface area contributed by atoms with E-state index < -0.39 is 0 Å². The van der Waals surface area contributed by atoms with Gasteiger partial charge in [-0.15, -0.1) is 0 Å². The van der Waals surface area contributed by atoms with Crippen molar-refractivity contribution in [3.63, 3.8) is 0 Å². The maximum atomic E-state index is 10.6. The predicted octanol–water partition coefficient (Wildman–Crippen LogP) is 4.45.